The normalized spacial score (nSPS) is 27.9. The van der Waals surface area contributed by atoms with Crippen molar-refractivity contribution in [2.75, 3.05) is 24.7 Å². The number of aliphatic hydroxyl groups excluding tert-OH is 1. The zero-order valence-electron chi connectivity index (χ0n) is 9.61. The largest absolute Gasteiger partial charge is 0.480 e. The van der Waals surface area contributed by atoms with Crippen molar-refractivity contribution < 1.29 is 24.6 Å². The Kier molecular flexibility index (Phi) is 3.76. The van der Waals surface area contributed by atoms with Crippen LogP contribution in [0, 0.1) is 0 Å². The van der Waals surface area contributed by atoms with Crippen LogP contribution in [0.5, 0.6) is 0 Å². The molecule has 2 saturated heterocycles. The highest BCUT2D eigenvalue weighted by Crippen LogP contribution is 2.20. The lowest BCUT2D eigenvalue weighted by Crippen LogP contribution is -2.46. The van der Waals surface area contributed by atoms with Gasteiger partial charge in [0.1, 0.15) is 12.6 Å². The molecule has 2 heterocycles. The van der Waals surface area contributed by atoms with Crippen molar-refractivity contribution in [3.05, 3.63) is 0 Å². The van der Waals surface area contributed by atoms with Gasteiger partial charge in [-0.1, -0.05) is 0 Å². The summed E-state index contributed by atoms with van der Waals surface area (Å²) < 4.78 is 0. The van der Waals surface area contributed by atoms with Gasteiger partial charge in [0.25, 0.3) is 0 Å². The Morgan fingerprint density at radius 3 is 2.72 bits per heavy atom. The van der Waals surface area contributed by atoms with Crippen LogP contribution in [0.25, 0.3) is 0 Å². The molecular weight excluding hydrogens is 260 g/mol. The van der Waals surface area contributed by atoms with Crippen molar-refractivity contribution in [2.24, 2.45) is 0 Å². The molecule has 0 bridgehead atoms. The molecule has 2 amide bonds. The van der Waals surface area contributed by atoms with Crippen LogP contribution in [0.3, 0.4) is 0 Å². The SMILES string of the molecule is O=C(O)C1CC(O)CN1C(=O)CN1CSCC1=O. The van der Waals surface area contributed by atoms with E-state index < -0.39 is 24.0 Å². The monoisotopic (exact) mass is 274 g/mol. The third kappa shape index (κ3) is 2.59. The average Bonchev–Trinajstić information content (AvgIpc) is 2.86. The Morgan fingerprint density at radius 1 is 1.44 bits per heavy atom. The molecule has 0 aliphatic carbocycles. The van der Waals surface area contributed by atoms with Gasteiger partial charge in [-0.25, -0.2) is 4.79 Å². The van der Waals surface area contributed by atoms with E-state index in [-0.39, 0.29) is 25.4 Å². The number of aliphatic carboxylic acids is 1. The number of hydrogen-bond acceptors (Lipinski definition) is 5. The number of likely N-dealkylation sites (tertiary alicyclic amines) is 1. The summed E-state index contributed by atoms with van der Waals surface area (Å²) in [5, 5.41) is 18.4. The van der Waals surface area contributed by atoms with E-state index in [9.17, 15) is 19.5 Å². The molecule has 7 nitrogen and oxygen atoms in total. The molecule has 0 saturated carbocycles. The first-order valence-electron chi connectivity index (χ1n) is 5.55. The first kappa shape index (κ1) is 13.2. The van der Waals surface area contributed by atoms with E-state index in [1.165, 1.54) is 16.7 Å². The van der Waals surface area contributed by atoms with Crippen LogP contribution in [0.2, 0.25) is 0 Å². The Balaban J connectivity index is 1.99. The number of β-amino-alcohol motifs (C(OH)–C–C–N with tert-alkyl or cyclic N) is 1. The third-order valence-electron chi connectivity index (χ3n) is 3.04. The van der Waals surface area contributed by atoms with Crippen molar-refractivity contribution in [3.63, 3.8) is 0 Å². The third-order valence-corrected chi connectivity index (χ3v) is 3.98. The number of carboxylic acid groups (broad SMARTS) is 1. The van der Waals surface area contributed by atoms with Crippen LogP contribution in [-0.2, 0) is 14.4 Å². The maximum Gasteiger partial charge on any atom is 0.326 e. The van der Waals surface area contributed by atoms with Gasteiger partial charge in [-0.2, -0.15) is 0 Å². The maximum absolute atomic E-state index is 12.0. The summed E-state index contributed by atoms with van der Waals surface area (Å²) in [5.74, 6) is -0.839. The minimum Gasteiger partial charge on any atom is -0.480 e. The fourth-order valence-corrected chi connectivity index (χ4v) is 3.02. The second-order valence-corrected chi connectivity index (χ2v) is 5.31. The minimum atomic E-state index is -1.12. The Hall–Kier alpha value is -1.28. The average molecular weight is 274 g/mol. The van der Waals surface area contributed by atoms with E-state index in [2.05, 4.69) is 0 Å². The number of aliphatic hydroxyl groups is 1. The zero-order valence-corrected chi connectivity index (χ0v) is 10.4. The second-order valence-electron chi connectivity index (χ2n) is 4.36. The standard InChI is InChI=1S/C10H14N2O5S/c13-6-1-7(10(16)17)12(2-6)8(14)3-11-5-18-4-9(11)15/h6-7,13H,1-5H2,(H,16,17). The molecule has 2 unspecified atom stereocenters. The predicted molar refractivity (Wildman–Crippen MR) is 62.8 cm³/mol. The lowest BCUT2D eigenvalue weighted by atomic mass is 10.2. The van der Waals surface area contributed by atoms with E-state index in [0.29, 0.717) is 11.6 Å². The fraction of sp³-hybridized carbons (Fsp3) is 0.700. The van der Waals surface area contributed by atoms with Gasteiger partial charge in [0.15, 0.2) is 0 Å². The van der Waals surface area contributed by atoms with Gasteiger partial charge in [-0.15, -0.1) is 11.8 Å². The maximum atomic E-state index is 12.0. The van der Waals surface area contributed by atoms with E-state index >= 15 is 0 Å². The van der Waals surface area contributed by atoms with E-state index in [4.69, 9.17) is 5.11 Å². The lowest BCUT2D eigenvalue weighted by Gasteiger charge is -2.24. The Bertz CT molecular complexity index is 388. The number of rotatable bonds is 3. The number of carbonyl (C=O) groups is 3. The van der Waals surface area contributed by atoms with Gasteiger partial charge in [-0.3, -0.25) is 9.59 Å². The summed E-state index contributed by atoms with van der Waals surface area (Å²) >= 11 is 1.42. The van der Waals surface area contributed by atoms with Crippen molar-refractivity contribution in [1.82, 2.24) is 9.80 Å². The van der Waals surface area contributed by atoms with Crippen LogP contribution in [0.1, 0.15) is 6.42 Å². The predicted octanol–water partition coefficient (Wildman–Crippen LogP) is -1.43. The topological polar surface area (TPSA) is 98.2 Å². The number of carbonyl (C=O) groups excluding carboxylic acids is 2. The lowest BCUT2D eigenvalue weighted by molar-refractivity contribution is -0.149. The van der Waals surface area contributed by atoms with Crippen LogP contribution < -0.4 is 0 Å². The molecule has 2 aliphatic rings. The van der Waals surface area contributed by atoms with Crippen LogP contribution in [0.4, 0.5) is 0 Å². The zero-order chi connectivity index (χ0) is 13.3. The Labute approximate surface area is 108 Å². The summed E-state index contributed by atoms with van der Waals surface area (Å²) in [6.07, 6.45) is -0.761. The second kappa shape index (κ2) is 5.15. The Morgan fingerprint density at radius 2 is 2.17 bits per heavy atom. The summed E-state index contributed by atoms with van der Waals surface area (Å²) in [6, 6.07) is -0.988. The van der Waals surface area contributed by atoms with Gasteiger partial charge < -0.3 is 20.0 Å². The number of carboxylic acids is 1. The minimum absolute atomic E-state index is 0.0188. The molecule has 2 aliphatic heterocycles. The van der Waals surface area contributed by atoms with Gasteiger partial charge in [-0.05, 0) is 0 Å². The van der Waals surface area contributed by atoms with E-state index in [1.807, 2.05) is 0 Å². The van der Waals surface area contributed by atoms with E-state index in [0.717, 1.165) is 4.90 Å². The van der Waals surface area contributed by atoms with Gasteiger partial charge >= 0.3 is 5.97 Å². The highest BCUT2D eigenvalue weighted by molar-refractivity contribution is 8.00. The van der Waals surface area contributed by atoms with Gasteiger partial charge in [0, 0.05) is 13.0 Å². The molecule has 18 heavy (non-hydrogen) atoms. The van der Waals surface area contributed by atoms with Crippen molar-refractivity contribution in [2.45, 2.75) is 18.6 Å². The molecule has 0 spiro atoms. The molecule has 2 fully saturated rings. The van der Waals surface area contributed by atoms with Crippen molar-refractivity contribution >= 4 is 29.5 Å². The summed E-state index contributed by atoms with van der Waals surface area (Å²) in [6.45, 7) is -0.0900. The number of hydrogen-bond donors (Lipinski definition) is 2. The molecule has 2 rings (SSSR count). The molecule has 0 aromatic heterocycles. The molecule has 0 aromatic rings. The number of amides is 2. The number of thioether (sulfide) groups is 1. The summed E-state index contributed by atoms with van der Waals surface area (Å²) in [5.41, 5.74) is 0. The van der Waals surface area contributed by atoms with E-state index in [1.54, 1.807) is 0 Å². The highest BCUT2D eigenvalue weighted by Gasteiger charge is 2.39. The molecule has 2 N–H and O–H groups in total. The molecule has 8 heteroatoms. The van der Waals surface area contributed by atoms with Crippen LogP contribution in [-0.4, -0.2) is 74.7 Å². The molecule has 0 radical (unpaired) electrons. The quantitative estimate of drug-likeness (QED) is 0.654. The first-order valence-corrected chi connectivity index (χ1v) is 6.70. The highest BCUT2D eigenvalue weighted by atomic mass is 32.2. The summed E-state index contributed by atoms with van der Waals surface area (Å²) in [4.78, 5) is 36.8. The first-order chi connectivity index (χ1) is 8.49. The molecule has 0 aromatic carbocycles. The fourth-order valence-electron chi connectivity index (χ4n) is 2.12. The van der Waals surface area contributed by atoms with Gasteiger partial charge in [0.2, 0.25) is 11.8 Å². The summed E-state index contributed by atoms with van der Waals surface area (Å²) in [7, 11) is 0. The number of nitrogens with zero attached hydrogens (tertiary/aromatic N) is 2. The van der Waals surface area contributed by atoms with Crippen LogP contribution in [0.15, 0.2) is 0 Å². The molecular formula is C10H14N2O5S. The van der Waals surface area contributed by atoms with Crippen molar-refractivity contribution in [1.29, 1.82) is 0 Å². The molecule has 2 atom stereocenters. The van der Waals surface area contributed by atoms with Crippen LogP contribution >= 0.6 is 11.8 Å². The smallest absolute Gasteiger partial charge is 0.326 e. The molecule has 100 valence electrons. The van der Waals surface area contributed by atoms with Gasteiger partial charge in [0.05, 0.1) is 17.7 Å². The van der Waals surface area contributed by atoms with Crippen molar-refractivity contribution in [3.8, 4) is 0 Å².